The number of thioether (sulfide) groups is 1. The van der Waals surface area contributed by atoms with Crippen molar-refractivity contribution in [1.82, 2.24) is 4.98 Å². The molecule has 0 aliphatic heterocycles. The second-order valence-electron chi connectivity index (χ2n) is 4.73. The van der Waals surface area contributed by atoms with Crippen molar-refractivity contribution in [3.8, 4) is 0 Å². The summed E-state index contributed by atoms with van der Waals surface area (Å²) in [6, 6.07) is 6.46. The third-order valence-corrected chi connectivity index (χ3v) is 5.76. The number of hydrogen-bond donors (Lipinski definition) is 1. The molecule has 0 bridgehead atoms. The number of fused-ring (bicyclic) bond motifs is 1. The lowest BCUT2D eigenvalue weighted by atomic mass is 10.2. The summed E-state index contributed by atoms with van der Waals surface area (Å²) in [7, 11) is 0. The minimum absolute atomic E-state index is 0.494. The molecule has 1 fully saturated rings. The lowest BCUT2D eigenvalue weighted by molar-refractivity contribution is 0.947. The fourth-order valence-corrected chi connectivity index (χ4v) is 3.51. The topological polar surface area (TPSA) is 24.9 Å². The van der Waals surface area contributed by atoms with E-state index < -0.39 is 0 Å². The average molecular weight is 264 g/mol. The van der Waals surface area contributed by atoms with Crippen LogP contribution in [0.1, 0.15) is 18.4 Å². The van der Waals surface area contributed by atoms with E-state index in [0.29, 0.717) is 4.75 Å². The van der Waals surface area contributed by atoms with Gasteiger partial charge in [0, 0.05) is 11.3 Å². The Morgan fingerprint density at radius 2 is 2.29 bits per heavy atom. The van der Waals surface area contributed by atoms with E-state index in [4.69, 9.17) is 0 Å². The maximum Gasteiger partial charge on any atom is 0.183 e. The first-order valence-corrected chi connectivity index (χ1v) is 7.91. The maximum absolute atomic E-state index is 4.64. The van der Waals surface area contributed by atoms with Gasteiger partial charge in [-0.1, -0.05) is 17.4 Å². The molecule has 17 heavy (non-hydrogen) atoms. The molecule has 1 aromatic carbocycles. The van der Waals surface area contributed by atoms with Crippen LogP contribution in [0.5, 0.6) is 0 Å². The Balaban J connectivity index is 1.77. The van der Waals surface area contributed by atoms with Gasteiger partial charge in [0.1, 0.15) is 0 Å². The molecule has 0 atom stereocenters. The number of aryl methyl sites for hydroxylation is 1. The smallest absolute Gasteiger partial charge is 0.183 e. The summed E-state index contributed by atoms with van der Waals surface area (Å²) in [6.07, 6.45) is 4.88. The summed E-state index contributed by atoms with van der Waals surface area (Å²) in [4.78, 5) is 4.64. The predicted octanol–water partition coefficient (Wildman–Crippen LogP) is 3.91. The Morgan fingerprint density at radius 3 is 3.00 bits per heavy atom. The largest absolute Gasteiger partial charge is 0.360 e. The van der Waals surface area contributed by atoms with E-state index in [-0.39, 0.29) is 0 Å². The van der Waals surface area contributed by atoms with Gasteiger partial charge in [-0.15, -0.1) is 0 Å². The van der Waals surface area contributed by atoms with Gasteiger partial charge in [0.15, 0.2) is 5.13 Å². The Labute approximate surface area is 110 Å². The molecule has 2 aromatic rings. The molecule has 1 heterocycles. The fourth-order valence-electron chi connectivity index (χ4n) is 1.94. The first-order chi connectivity index (χ1) is 8.21. The molecule has 90 valence electrons. The molecule has 1 saturated carbocycles. The van der Waals surface area contributed by atoms with Crippen molar-refractivity contribution in [3.05, 3.63) is 23.8 Å². The van der Waals surface area contributed by atoms with Crippen LogP contribution in [0.3, 0.4) is 0 Å². The van der Waals surface area contributed by atoms with Crippen LogP contribution in [-0.4, -0.2) is 22.5 Å². The van der Waals surface area contributed by atoms with Crippen molar-refractivity contribution in [2.75, 3.05) is 18.1 Å². The third kappa shape index (κ3) is 2.29. The second kappa shape index (κ2) is 4.18. The molecule has 1 aliphatic rings. The first kappa shape index (κ1) is 11.4. The Kier molecular flexibility index (Phi) is 2.79. The van der Waals surface area contributed by atoms with Gasteiger partial charge in [-0.2, -0.15) is 11.8 Å². The maximum atomic E-state index is 4.64. The molecule has 0 spiro atoms. The SMILES string of the molecule is CSC1(CNc2nc3cc(C)ccc3s2)CC1. The number of benzene rings is 1. The molecule has 0 radical (unpaired) electrons. The number of hydrogen-bond acceptors (Lipinski definition) is 4. The zero-order valence-corrected chi connectivity index (χ0v) is 11.8. The van der Waals surface area contributed by atoms with Crippen molar-refractivity contribution in [3.63, 3.8) is 0 Å². The van der Waals surface area contributed by atoms with Crippen LogP contribution >= 0.6 is 23.1 Å². The molecule has 3 rings (SSSR count). The average Bonchev–Trinajstić information content (AvgIpc) is 3.00. The summed E-state index contributed by atoms with van der Waals surface area (Å²) in [5.41, 5.74) is 2.39. The number of aromatic nitrogens is 1. The van der Waals surface area contributed by atoms with Crippen LogP contribution in [-0.2, 0) is 0 Å². The summed E-state index contributed by atoms with van der Waals surface area (Å²) >= 11 is 3.73. The zero-order valence-electron chi connectivity index (χ0n) is 10.1. The summed E-state index contributed by atoms with van der Waals surface area (Å²) in [5, 5.41) is 4.55. The van der Waals surface area contributed by atoms with E-state index in [0.717, 1.165) is 17.2 Å². The number of nitrogens with zero attached hydrogens (tertiary/aromatic N) is 1. The summed E-state index contributed by atoms with van der Waals surface area (Å²) in [6.45, 7) is 3.16. The number of rotatable bonds is 4. The Bertz CT molecular complexity index is 543. The minimum atomic E-state index is 0.494. The van der Waals surface area contributed by atoms with Crippen molar-refractivity contribution >= 4 is 38.4 Å². The van der Waals surface area contributed by atoms with Crippen LogP contribution in [0.4, 0.5) is 5.13 Å². The van der Waals surface area contributed by atoms with Gasteiger partial charge < -0.3 is 5.32 Å². The first-order valence-electron chi connectivity index (χ1n) is 5.87. The van der Waals surface area contributed by atoms with Crippen LogP contribution in [0.2, 0.25) is 0 Å². The fraction of sp³-hybridized carbons (Fsp3) is 0.462. The van der Waals surface area contributed by atoms with Crippen molar-refractivity contribution in [2.45, 2.75) is 24.5 Å². The molecule has 1 aliphatic carbocycles. The lowest BCUT2D eigenvalue weighted by Gasteiger charge is -2.11. The predicted molar refractivity (Wildman–Crippen MR) is 78.3 cm³/mol. The van der Waals surface area contributed by atoms with Gasteiger partial charge in [0.25, 0.3) is 0 Å². The van der Waals surface area contributed by atoms with Gasteiger partial charge in [0.2, 0.25) is 0 Å². The van der Waals surface area contributed by atoms with Gasteiger partial charge in [-0.25, -0.2) is 4.98 Å². The van der Waals surface area contributed by atoms with Gasteiger partial charge in [0.05, 0.1) is 10.2 Å². The van der Waals surface area contributed by atoms with E-state index in [2.05, 4.69) is 41.7 Å². The van der Waals surface area contributed by atoms with E-state index in [9.17, 15) is 0 Å². The highest BCUT2D eigenvalue weighted by molar-refractivity contribution is 8.00. The second-order valence-corrected chi connectivity index (χ2v) is 7.04. The molecule has 2 nitrogen and oxygen atoms in total. The molecule has 1 aromatic heterocycles. The van der Waals surface area contributed by atoms with E-state index in [1.165, 1.54) is 23.1 Å². The van der Waals surface area contributed by atoms with Gasteiger partial charge >= 0.3 is 0 Å². The van der Waals surface area contributed by atoms with E-state index in [1.54, 1.807) is 11.3 Å². The molecule has 0 amide bonds. The number of anilines is 1. The highest BCUT2D eigenvalue weighted by Gasteiger charge is 2.41. The van der Waals surface area contributed by atoms with Crippen molar-refractivity contribution in [2.24, 2.45) is 0 Å². The summed E-state index contributed by atoms with van der Waals surface area (Å²) < 4.78 is 1.76. The molecular formula is C13H16N2S2. The normalized spacial score (nSPS) is 17.3. The molecule has 0 saturated heterocycles. The standard InChI is InChI=1S/C13H16N2S2/c1-9-3-4-11-10(7-9)15-12(17-11)14-8-13(16-2)5-6-13/h3-4,7H,5-6,8H2,1-2H3,(H,14,15). The quantitative estimate of drug-likeness (QED) is 0.906. The van der Waals surface area contributed by atoms with Crippen molar-refractivity contribution in [1.29, 1.82) is 0 Å². The highest BCUT2D eigenvalue weighted by atomic mass is 32.2. The van der Waals surface area contributed by atoms with Gasteiger partial charge in [-0.05, 0) is 43.7 Å². The molecule has 0 unspecified atom stereocenters. The number of nitrogens with one attached hydrogen (secondary N) is 1. The van der Waals surface area contributed by atoms with Crippen LogP contribution < -0.4 is 5.32 Å². The highest BCUT2D eigenvalue weighted by Crippen LogP contribution is 2.47. The van der Waals surface area contributed by atoms with Gasteiger partial charge in [-0.3, -0.25) is 0 Å². The Morgan fingerprint density at radius 1 is 1.47 bits per heavy atom. The molecular weight excluding hydrogens is 248 g/mol. The monoisotopic (exact) mass is 264 g/mol. The zero-order chi connectivity index (χ0) is 11.9. The van der Waals surface area contributed by atoms with Crippen LogP contribution in [0, 0.1) is 6.92 Å². The minimum Gasteiger partial charge on any atom is -0.360 e. The van der Waals surface area contributed by atoms with Crippen molar-refractivity contribution < 1.29 is 0 Å². The molecule has 4 heteroatoms. The number of thiazole rings is 1. The third-order valence-electron chi connectivity index (χ3n) is 3.35. The summed E-state index contributed by atoms with van der Waals surface area (Å²) in [5.74, 6) is 0. The van der Waals surface area contributed by atoms with Crippen LogP contribution in [0.25, 0.3) is 10.2 Å². The van der Waals surface area contributed by atoms with Crippen LogP contribution in [0.15, 0.2) is 18.2 Å². The molecule has 1 N–H and O–H groups in total. The lowest BCUT2D eigenvalue weighted by Crippen LogP contribution is -2.17. The van der Waals surface area contributed by atoms with E-state index >= 15 is 0 Å². The van der Waals surface area contributed by atoms with E-state index in [1.807, 2.05) is 11.8 Å². The Hall–Kier alpha value is -0.740.